The summed E-state index contributed by atoms with van der Waals surface area (Å²) in [6, 6.07) is 7.66. The Hall–Kier alpha value is -1.88. The summed E-state index contributed by atoms with van der Waals surface area (Å²) >= 11 is 0. The highest BCUT2D eigenvalue weighted by atomic mass is 16.5. The number of hydrogen-bond acceptors (Lipinski definition) is 3. The summed E-state index contributed by atoms with van der Waals surface area (Å²) in [7, 11) is 0. The average molecular weight is 318 g/mol. The summed E-state index contributed by atoms with van der Waals surface area (Å²) < 4.78 is 5.24. The molecule has 5 nitrogen and oxygen atoms in total. The van der Waals surface area contributed by atoms with Crippen LogP contribution in [0.2, 0.25) is 0 Å². The van der Waals surface area contributed by atoms with Crippen LogP contribution in [0.25, 0.3) is 0 Å². The third-order valence-corrected chi connectivity index (χ3v) is 4.05. The van der Waals surface area contributed by atoms with Crippen LogP contribution in [-0.4, -0.2) is 49.6 Å². The number of aryl methyl sites for hydroxylation is 1. The molecule has 1 aromatic carbocycles. The van der Waals surface area contributed by atoms with Gasteiger partial charge in [-0.1, -0.05) is 12.1 Å². The van der Waals surface area contributed by atoms with Crippen LogP contribution >= 0.6 is 0 Å². The number of amides is 2. The van der Waals surface area contributed by atoms with E-state index in [9.17, 15) is 9.59 Å². The lowest BCUT2D eigenvalue weighted by molar-refractivity contribution is -0.132. The van der Waals surface area contributed by atoms with E-state index < -0.39 is 0 Å². The van der Waals surface area contributed by atoms with Crippen molar-refractivity contribution in [3.05, 3.63) is 29.8 Å². The first-order valence-corrected chi connectivity index (χ1v) is 8.34. The molecule has 2 rings (SSSR count). The second kappa shape index (κ2) is 8.67. The molecule has 0 aromatic heterocycles. The Kier molecular flexibility index (Phi) is 6.59. The molecule has 1 aliphatic rings. The quantitative estimate of drug-likeness (QED) is 0.809. The fourth-order valence-corrected chi connectivity index (χ4v) is 2.77. The molecule has 23 heavy (non-hydrogen) atoms. The highest BCUT2D eigenvalue weighted by Crippen LogP contribution is 2.17. The van der Waals surface area contributed by atoms with Crippen molar-refractivity contribution >= 4 is 17.5 Å². The number of nitrogens with zero attached hydrogens (tertiary/aromatic N) is 2. The molecule has 0 saturated carbocycles. The molecule has 1 fully saturated rings. The molecule has 0 spiro atoms. The molecule has 1 saturated heterocycles. The smallest absolute Gasteiger partial charge is 0.253 e. The van der Waals surface area contributed by atoms with Gasteiger partial charge in [0.15, 0.2) is 0 Å². The van der Waals surface area contributed by atoms with Gasteiger partial charge in [-0.25, -0.2) is 0 Å². The Morgan fingerprint density at radius 1 is 1.22 bits per heavy atom. The van der Waals surface area contributed by atoms with Crippen molar-refractivity contribution < 1.29 is 14.3 Å². The van der Waals surface area contributed by atoms with Crippen molar-refractivity contribution in [2.75, 3.05) is 37.7 Å². The fourth-order valence-electron chi connectivity index (χ4n) is 2.77. The van der Waals surface area contributed by atoms with Gasteiger partial charge >= 0.3 is 0 Å². The molecule has 0 bridgehead atoms. The van der Waals surface area contributed by atoms with Crippen molar-refractivity contribution in [1.29, 1.82) is 0 Å². The maximum atomic E-state index is 12.5. The predicted octanol–water partition coefficient (Wildman–Crippen LogP) is 2.38. The molecule has 1 heterocycles. The number of ether oxygens (including phenoxy) is 1. The van der Waals surface area contributed by atoms with E-state index in [1.54, 1.807) is 4.90 Å². The number of likely N-dealkylation sites (tertiary alicyclic amines) is 1. The summed E-state index contributed by atoms with van der Waals surface area (Å²) in [6.45, 7) is 5.96. The minimum Gasteiger partial charge on any atom is -0.372 e. The van der Waals surface area contributed by atoms with Gasteiger partial charge in [-0.15, -0.1) is 0 Å². The molecular weight excluding hydrogens is 292 g/mol. The zero-order chi connectivity index (χ0) is 16.7. The Morgan fingerprint density at radius 3 is 2.61 bits per heavy atom. The number of anilines is 1. The molecule has 1 aromatic rings. The molecule has 0 radical (unpaired) electrons. The van der Waals surface area contributed by atoms with Gasteiger partial charge in [0.05, 0.1) is 0 Å². The summed E-state index contributed by atoms with van der Waals surface area (Å²) in [5.41, 5.74) is 1.81. The van der Waals surface area contributed by atoms with E-state index in [1.165, 1.54) is 6.42 Å². The maximum absolute atomic E-state index is 12.5. The predicted molar refractivity (Wildman–Crippen MR) is 90.5 cm³/mol. The molecule has 2 amide bonds. The van der Waals surface area contributed by atoms with Crippen LogP contribution in [-0.2, 0) is 14.3 Å². The van der Waals surface area contributed by atoms with Gasteiger partial charge in [0, 0.05) is 25.4 Å². The highest BCUT2D eigenvalue weighted by Gasteiger charge is 2.23. The molecule has 126 valence electrons. The van der Waals surface area contributed by atoms with E-state index in [0.29, 0.717) is 6.61 Å². The SMILES string of the molecule is CCOCC(=O)N(CC(=O)N1CCCCC1)c1cccc(C)c1. The van der Waals surface area contributed by atoms with Crippen LogP contribution in [0.4, 0.5) is 5.69 Å². The summed E-state index contributed by atoms with van der Waals surface area (Å²) in [6.07, 6.45) is 3.26. The molecule has 0 aliphatic carbocycles. The van der Waals surface area contributed by atoms with E-state index in [1.807, 2.05) is 43.0 Å². The zero-order valence-electron chi connectivity index (χ0n) is 14.1. The molecule has 0 unspecified atom stereocenters. The van der Waals surface area contributed by atoms with Crippen LogP contribution in [0.1, 0.15) is 31.7 Å². The monoisotopic (exact) mass is 318 g/mol. The van der Waals surface area contributed by atoms with E-state index in [-0.39, 0.29) is 25.0 Å². The zero-order valence-corrected chi connectivity index (χ0v) is 14.1. The van der Waals surface area contributed by atoms with Crippen molar-refractivity contribution in [2.24, 2.45) is 0 Å². The lowest BCUT2D eigenvalue weighted by Gasteiger charge is -2.30. The summed E-state index contributed by atoms with van der Waals surface area (Å²) in [5.74, 6) is -0.168. The van der Waals surface area contributed by atoms with Gasteiger partial charge in [0.2, 0.25) is 5.91 Å². The standard InChI is InChI=1S/C18H26N2O3/c1-3-23-14-18(22)20(16-9-7-8-15(2)12-16)13-17(21)19-10-5-4-6-11-19/h7-9,12H,3-6,10-11,13-14H2,1-2H3. The second-order valence-electron chi connectivity index (χ2n) is 5.90. The first-order chi connectivity index (χ1) is 11.1. The number of hydrogen-bond donors (Lipinski definition) is 0. The average Bonchev–Trinajstić information content (AvgIpc) is 2.58. The summed E-state index contributed by atoms with van der Waals surface area (Å²) in [5, 5.41) is 0. The minimum absolute atomic E-state index is 0.00226. The van der Waals surface area contributed by atoms with Crippen LogP contribution in [0, 0.1) is 6.92 Å². The van der Waals surface area contributed by atoms with Gasteiger partial charge in [-0.2, -0.15) is 0 Å². The number of carbonyl (C=O) groups excluding carboxylic acids is 2. The van der Waals surface area contributed by atoms with E-state index >= 15 is 0 Å². The number of rotatable bonds is 6. The molecule has 1 aliphatic heterocycles. The Balaban J connectivity index is 2.12. The second-order valence-corrected chi connectivity index (χ2v) is 5.90. The molecule has 5 heteroatoms. The van der Waals surface area contributed by atoms with Crippen LogP contribution in [0.5, 0.6) is 0 Å². The van der Waals surface area contributed by atoms with Gasteiger partial charge < -0.3 is 14.5 Å². The van der Waals surface area contributed by atoms with E-state index in [2.05, 4.69) is 0 Å². The first kappa shape index (κ1) is 17.5. The number of carbonyl (C=O) groups is 2. The molecule has 0 N–H and O–H groups in total. The van der Waals surface area contributed by atoms with Crippen molar-refractivity contribution in [2.45, 2.75) is 33.1 Å². The maximum Gasteiger partial charge on any atom is 0.253 e. The molecule has 0 atom stereocenters. The number of benzene rings is 1. The Morgan fingerprint density at radius 2 is 1.96 bits per heavy atom. The van der Waals surface area contributed by atoms with Gasteiger partial charge in [-0.3, -0.25) is 9.59 Å². The fraction of sp³-hybridized carbons (Fsp3) is 0.556. The van der Waals surface area contributed by atoms with E-state index in [4.69, 9.17) is 4.74 Å². The first-order valence-electron chi connectivity index (χ1n) is 8.34. The van der Waals surface area contributed by atoms with Crippen LogP contribution < -0.4 is 4.90 Å². The Bertz CT molecular complexity index is 539. The largest absolute Gasteiger partial charge is 0.372 e. The normalized spacial score (nSPS) is 14.6. The topological polar surface area (TPSA) is 49.9 Å². The van der Waals surface area contributed by atoms with Crippen molar-refractivity contribution in [1.82, 2.24) is 4.90 Å². The lowest BCUT2D eigenvalue weighted by atomic mass is 10.1. The minimum atomic E-state index is -0.178. The van der Waals surface area contributed by atoms with Gasteiger partial charge in [-0.05, 0) is 50.8 Å². The van der Waals surface area contributed by atoms with Crippen LogP contribution in [0.3, 0.4) is 0 Å². The van der Waals surface area contributed by atoms with Gasteiger partial charge in [0.1, 0.15) is 13.2 Å². The third kappa shape index (κ3) is 5.06. The highest BCUT2D eigenvalue weighted by molar-refractivity contribution is 5.99. The van der Waals surface area contributed by atoms with Crippen molar-refractivity contribution in [3.8, 4) is 0 Å². The van der Waals surface area contributed by atoms with Crippen molar-refractivity contribution in [3.63, 3.8) is 0 Å². The van der Waals surface area contributed by atoms with Crippen LogP contribution in [0.15, 0.2) is 24.3 Å². The van der Waals surface area contributed by atoms with E-state index in [0.717, 1.165) is 37.2 Å². The summed E-state index contributed by atoms with van der Waals surface area (Å²) in [4.78, 5) is 28.4. The van der Waals surface area contributed by atoms with Gasteiger partial charge in [0.25, 0.3) is 5.91 Å². The third-order valence-electron chi connectivity index (χ3n) is 4.05. The lowest BCUT2D eigenvalue weighted by Crippen LogP contribution is -2.45. The molecular formula is C18H26N2O3. The Labute approximate surface area is 138 Å². The number of piperidine rings is 1.